The van der Waals surface area contributed by atoms with Crippen LogP contribution in [0.2, 0.25) is 5.02 Å². The van der Waals surface area contributed by atoms with Crippen molar-refractivity contribution >= 4 is 29.8 Å². The molecule has 0 aliphatic heterocycles. The van der Waals surface area contributed by atoms with Gasteiger partial charge in [-0.3, -0.25) is 10.1 Å². The predicted molar refractivity (Wildman–Crippen MR) is 37.8 cm³/mol. The molecule has 5 heteroatoms. The SMILES string of the molecule is Nc1oc(NC=O)cc1Cl. The predicted octanol–water partition coefficient (Wildman–Crippen LogP) is 1.08. The minimum atomic E-state index is 0.103. The molecule has 0 aliphatic rings. The summed E-state index contributed by atoms with van der Waals surface area (Å²) in [5, 5.41) is 2.55. The maximum Gasteiger partial charge on any atom is 0.213 e. The number of anilines is 2. The van der Waals surface area contributed by atoms with Gasteiger partial charge in [0, 0.05) is 6.07 Å². The van der Waals surface area contributed by atoms with Gasteiger partial charge in [-0.2, -0.15) is 0 Å². The summed E-state index contributed by atoms with van der Waals surface area (Å²) in [6.45, 7) is 0. The molecule has 0 saturated carbocycles. The second-order valence-corrected chi connectivity index (χ2v) is 1.99. The fraction of sp³-hybridized carbons (Fsp3) is 0. The molecule has 0 unspecified atom stereocenters. The molecule has 1 heterocycles. The van der Waals surface area contributed by atoms with Crippen LogP contribution in [0, 0.1) is 0 Å². The van der Waals surface area contributed by atoms with Crippen LogP contribution in [0.15, 0.2) is 10.5 Å². The average molecular weight is 161 g/mol. The molecule has 4 nitrogen and oxygen atoms in total. The topological polar surface area (TPSA) is 68.3 Å². The van der Waals surface area contributed by atoms with E-state index in [0.29, 0.717) is 11.4 Å². The van der Waals surface area contributed by atoms with Crippen LogP contribution < -0.4 is 11.1 Å². The largest absolute Gasteiger partial charge is 0.424 e. The van der Waals surface area contributed by atoms with E-state index in [-0.39, 0.29) is 11.8 Å². The summed E-state index contributed by atoms with van der Waals surface area (Å²) in [4.78, 5) is 9.84. The minimum absolute atomic E-state index is 0.103. The number of hydrogen-bond donors (Lipinski definition) is 2. The van der Waals surface area contributed by atoms with E-state index < -0.39 is 0 Å². The van der Waals surface area contributed by atoms with Gasteiger partial charge in [0.25, 0.3) is 0 Å². The molecule has 0 radical (unpaired) electrons. The Bertz CT molecular complexity index is 226. The molecule has 0 atom stereocenters. The summed E-state index contributed by atoms with van der Waals surface area (Å²) in [6, 6.07) is 1.42. The molecule has 0 aliphatic carbocycles. The lowest BCUT2D eigenvalue weighted by Crippen LogP contribution is -1.90. The zero-order valence-corrected chi connectivity index (χ0v) is 5.68. The molecule has 1 rings (SSSR count). The number of carbonyl (C=O) groups is 1. The van der Waals surface area contributed by atoms with Crippen molar-refractivity contribution in [2.75, 3.05) is 11.1 Å². The van der Waals surface area contributed by atoms with Gasteiger partial charge < -0.3 is 10.2 Å². The number of nitrogen functional groups attached to an aromatic ring is 1. The summed E-state index contributed by atoms with van der Waals surface area (Å²) in [5.41, 5.74) is 5.22. The number of nitrogens with two attached hydrogens (primary N) is 1. The molecular formula is C5H5ClN2O2. The first-order chi connectivity index (χ1) is 4.74. The molecule has 0 bridgehead atoms. The molecule has 1 amide bonds. The molecule has 54 valence electrons. The maximum atomic E-state index is 9.84. The van der Waals surface area contributed by atoms with E-state index in [0.717, 1.165) is 0 Å². The third-order valence-corrected chi connectivity index (χ3v) is 1.21. The van der Waals surface area contributed by atoms with Crippen molar-refractivity contribution in [3.8, 4) is 0 Å². The van der Waals surface area contributed by atoms with Crippen LogP contribution in [0.5, 0.6) is 0 Å². The van der Waals surface area contributed by atoms with Crippen LogP contribution in [0.4, 0.5) is 11.8 Å². The van der Waals surface area contributed by atoms with Crippen molar-refractivity contribution in [2.24, 2.45) is 0 Å². The van der Waals surface area contributed by atoms with E-state index in [9.17, 15) is 4.79 Å². The van der Waals surface area contributed by atoms with Gasteiger partial charge in [-0.1, -0.05) is 11.6 Å². The van der Waals surface area contributed by atoms with Gasteiger partial charge in [-0.15, -0.1) is 0 Å². The lowest BCUT2D eigenvalue weighted by molar-refractivity contribution is -0.105. The Morgan fingerprint density at radius 2 is 2.50 bits per heavy atom. The van der Waals surface area contributed by atoms with E-state index in [4.69, 9.17) is 21.8 Å². The fourth-order valence-electron chi connectivity index (χ4n) is 0.512. The Balaban J connectivity index is 2.86. The van der Waals surface area contributed by atoms with Crippen LogP contribution >= 0.6 is 11.6 Å². The van der Waals surface area contributed by atoms with E-state index in [2.05, 4.69) is 5.32 Å². The highest BCUT2D eigenvalue weighted by Crippen LogP contribution is 2.25. The second kappa shape index (κ2) is 2.62. The maximum absolute atomic E-state index is 9.84. The smallest absolute Gasteiger partial charge is 0.213 e. The second-order valence-electron chi connectivity index (χ2n) is 1.59. The van der Waals surface area contributed by atoms with E-state index in [1.807, 2.05) is 0 Å². The summed E-state index contributed by atoms with van der Waals surface area (Å²) in [6.07, 6.45) is 0.481. The summed E-state index contributed by atoms with van der Waals surface area (Å²) >= 11 is 5.49. The van der Waals surface area contributed by atoms with Gasteiger partial charge in [0.15, 0.2) is 0 Å². The highest BCUT2D eigenvalue weighted by atomic mass is 35.5. The van der Waals surface area contributed by atoms with Gasteiger partial charge >= 0.3 is 0 Å². The first-order valence-electron chi connectivity index (χ1n) is 2.49. The average Bonchev–Trinajstić information content (AvgIpc) is 2.14. The van der Waals surface area contributed by atoms with Crippen molar-refractivity contribution in [1.29, 1.82) is 0 Å². The fourth-order valence-corrected chi connectivity index (χ4v) is 0.650. The van der Waals surface area contributed by atoms with Gasteiger partial charge in [-0.25, -0.2) is 0 Å². The lowest BCUT2D eigenvalue weighted by atomic mass is 10.6. The Morgan fingerprint density at radius 1 is 1.80 bits per heavy atom. The number of halogens is 1. The van der Waals surface area contributed by atoms with Crippen molar-refractivity contribution in [2.45, 2.75) is 0 Å². The number of carbonyl (C=O) groups excluding carboxylic acids is 1. The Morgan fingerprint density at radius 3 is 2.90 bits per heavy atom. The number of hydrogen-bond acceptors (Lipinski definition) is 3. The normalized spacial score (nSPS) is 9.30. The van der Waals surface area contributed by atoms with Crippen LogP contribution in [-0.4, -0.2) is 6.41 Å². The highest BCUT2D eigenvalue weighted by Gasteiger charge is 2.03. The third kappa shape index (κ3) is 1.22. The molecule has 10 heavy (non-hydrogen) atoms. The molecule has 3 N–H and O–H groups in total. The van der Waals surface area contributed by atoms with Gasteiger partial charge in [0.1, 0.15) is 5.02 Å². The van der Waals surface area contributed by atoms with Gasteiger partial charge in [0.05, 0.1) is 0 Å². The third-order valence-electron chi connectivity index (χ3n) is 0.914. The molecule has 1 aromatic rings. The molecule has 0 aromatic carbocycles. The number of rotatable bonds is 2. The van der Waals surface area contributed by atoms with Crippen molar-refractivity contribution in [3.05, 3.63) is 11.1 Å². The summed E-state index contributed by atoms with van der Waals surface area (Å²) in [5.74, 6) is 0.350. The zero-order chi connectivity index (χ0) is 7.56. The standard InChI is InChI=1S/C5H5ClN2O2/c6-3-1-4(8-2-9)10-5(3)7/h1-2H,7H2,(H,8,9). The minimum Gasteiger partial charge on any atom is -0.424 e. The highest BCUT2D eigenvalue weighted by molar-refractivity contribution is 6.33. The van der Waals surface area contributed by atoms with Crippen LogP contribution in [0.1, 0.15) is 0 Å². The first kappa shape index (κ1) is 6.95. The van der Waals surface area contributed by atoms with Gasteiger partial charge in [0.2, 0.25) is 18.2 Å². The monoisotopic (exact) mass is 160 g/mol. The van der Waals surface area contributed by atoms with Gasteiger partial charge in [-0.05, 0) is 0 Å². The molecule has 0 fully saturated rings. The molecule has 1 aromatic heterocycles. The van der Waals surface area contributed by atoms with Crippen molar-refractivity contribution in [3.63, 3.8) is 0 Å². The molecule has 0 spiro atoms. The Hall–Kier alpha value is -1.16. The van der Waals surface area contributed by atoms with E-state index >= 15 is 0 Å². The van der Waals surface area contributed by atoms with Crippen molar-refractivity contribution < 1.29 is 9.21 Å². The van der Waals surface area contributed by atoms with Crippen molar-refractivity contribution in [1.82, 2.24) is 0 Å². The number of furan rings is 1. The number of amides is 1. The van der Waals surface area contributed by atoms with E-state index in [1.165, 1.54) is 6.07 Å². The van der Waals surface area contributed by atoms with Crippen LogP contribution in [-0.2, 0) is 4.79 Å². The lowest BCUT2D eigenvalue weighted by Gasteiger charge is -1.86. The zero-order valence-electron chi connectivity index (χ0n) is 4.93. The molecule has 0 saturated heterocycles. The van der Waals surface area contributed by atoms with E-state index in [1.54, 1.807) is 0 Å². The number of nitrogens with one attached hydrogen (secondary N) is 1. The summed E-state index contributed by atoms with van der Waals surface area (Å²) in [7, 11) is 0. The Labute approximate surface area is 61.9 Å². The molecular weight excluding hydrogens is 156 g/mol. The summed E-state index contributed by atoms with van der Waals surface area (Å²) < 4.78 is 4.76. The van der Waals surface area contributed by atoms with Crippen LogP contribution in [0.3, 0.4) is 0 Å². The first-order valence-corrected chi connectivity index (χ1v) is 2.87. The Kier molecular flexibility index (Phi) is 1.82. The van der Waals surface area contributed by atoms with Crippen LogP contribution in [0.25, 0.3) is 0 Å². The quantitative estimate of drug-likeness (QED) is 0.637.